The number of aromatic nitrogens is 2. The molecule has 1 heterocycles. The number of amides is 1. The highest BCUT2D eigenvalue weighted by Gasteiger charge is 2.10. The van der Waals surface area contributed by atoms with Crippen LogP contribution in [-0.4, -0.2) is 21.9 Å². The number of hydrogen-bond donors (Lipinski definition) is 1. The van der Waals surface area contributed by atoms with Crippen molar-refractivity contribution < 1.29 is 4.79 Å². The van der Waals surface area contributed by atoms with Crippen molar-refractivity contribution in [3.8, 4) is 0 Å². The lowest BCUT2D eigenvalue weighted by Gasteiger charge is -2.06. The number of anilines is 1. The Labute approximate surface area is 182 Å². The molecule has 0 spiro atoms. The van der Waals surface area contributed by atoms with Crippen LogP contribution in [0.4, 0.5) is 5.69 Å². The second-order valence-electron chi connectivity index (χ2n) is 6.34. The minimum atomic E-state index is -0.118. The molecule has 1 N–H and O–H groups in total. The Morgan fingerprint density at radius 2 is 1.75 bits per heavy atom. The van der Waals surface area contributed by atoms with E-state index in [0.717, 1.165) is 14.4 Å². The van der Waals surface area contributed by atoms with Gasteiger partial charge in [-0.1, -0.05) is 96.7 Å². The van der Waals surface area contributed by atoms with Gasteiger partial charge in [0.15, 0.2) is 8.68 Å². The summed E-state index contributed by atoms with van der Waals surface area (Å²) in [5.74, 6) is 1.54. The van der Waals surface area contributed by atoms with Gasteiger partial charge in [0.05, 0.1) is 16.5 Å². The largest absolute Gasteiger partial charge is 0.324 e. The highest BCUT2D eigenvalue weighted by atomic mass is 35.5. The van der Waals surface area contributed by atoms with Gasteiger partial charge in [-0.3, -0.25) is 4.79 Å². The number of rotatable bonds is 8. The van der Waals surface area contributed by atoms with E-state index in [9.17, 15) is 4.79 Å². The molecule has 4 nitrogen and oxygen atoms in total. The number of nitrogens with one attached hydrogen (secondary N) is 1. The van der Waals surface area contributed by atoms with Crippen LogP contribution in [0.2, 0.25) is 5.02 Å². The van der Waals surface area contributed by atoms with Crippen LogP contribution >= 0.6 is 46.5 Å². The van der Waals surface area contributed by atoms with Crippen LogP contribution in [-0.2, 0) is 10.5 Å². The van der Waals surface area contributed by atoms with Crippen molar-refractivity contribution in [1.29, 1.82) is 0 Å². The molecular formula is C20H20ClN3OS3. The summed E-state index contributed by atoms with van der Waals surface area (Å²) in [5.41, 5.74) is 3.23. The Balaban J connectivity index is 1.46. The Bertz CT molecular complexity index is 928. The van der Waals surface area contributed by atoms with E-state index in [1.54, 1.807) is 23.9 Å². The van der Waals surface area contributed by atoms with E-state index in [4.69, 9.17) is 11.6 Å². The average molecular weight is 450 g/mol. The molecule has 28 heavy (non-hydrogen) atoms. The lowest BCUT2D eigenvalue weighted by atomic mass is 10.0. The van der Waals surface area contributed by atoms with Crippen molar-refractivity contribution >= 4 is 58.1 Å². The predicted molar refractivity (Wildman–Crippen MR) is 121 cm³/mol. The first-order valence-corrected chi connectivity index (χ1v) is 11.9. The zero-order chi connectivity index (χ0) is 19.9. The molecule has 0 bridgehead atoms. The highest BCUT2D eigenvalue weighted by molar-refractivity contribution is 8.03. The second-order valence-corrected chi connectivity index (χ2v) is 10.2. The summed E-state index contributed by atoms with van der Waals surface area (Å²) in [6.45, 7) is 4.39. The van der Waals surface area contributed by atoms with Crippen LogP contribution < -0.4 is 5.32 Å². The zero-order valence-electron chi connectivity index (χ0n) is 15.5. The van der Waals surface area contributed by atoms with Gasteiger partial charge in [0, 0.05) is 5.75 Å². The molecule has 0 unspecified atom stereocenters. The van der Waals surface area contributed by atoms with Gasteiger partial charge < -0.3 is 5.32 Å². The van der Waals surface area contributed by atoms with Crippen molar-refractivity contribution in [1.82, 2.24) is 10.2 Å². The number of para-hydroxylation sites is 1. The molecule has 0 atom stereocenters. The highest BCUT2D eigenvalue weighted by Crippen LogP contribution is 2.31. The third-order valence-corrected chi connectivity index (χ3v) is 7.46. The van der Waals surface area contributed by atoms with Gasteiger partial charge in [0.25, 0.3) is 0 Å². The summed E-state index contributed by atoms with van der Waals surface area (Å²) in [6, 6.07) is 15.9. The average Bonchev–Trinajstić information content (AvgIpc) is 3.15. The zero-order valence-corrected chi connectivity index (χ0v) is 18.7. The first-order valence-electron chi connectivity index (χ1n) is 8.73. The molecule has 1 amide bonds. The Morgan fingerprint density at radius 3 is 2.43 bits per heavy atom. The molecule has 146 valence electrons. The molecule has 0 saturated heterocycles. The lowest BCUT2D eigenvalue weighted by molar-refractivity contribution is -0.113. The van der Waals surface area contributed by atoms with Gasteiger partial charge >= 0.3 is 0 Å². The number of thioether (sulfide) groups is 2. The van der Waals surface area contributed by atoms with Gasteiger partial charge in [-0.05, 0) is 29.2 Å². The van der Waals surface area contributed by atoms with Crippen LogP contribution in [0, 0.1) is 0 Å². The minimum Gasteiger partial charge on any atom is -0.324 e. The summed E-state index contributed by atoms with van der Waals surface area (Å²) in [6.07, 6.45) is 0. The van der Waals surface area contributed by atoms with Crippen molar-refractivity contribution in [2.45, 2.75) is 34.2 Å². The molecule has 3 aromatic rings. The van der Waals surface area contributed by atoms with E-state index in [1.807, 2.05) is 12.1 Å². The summed E-state index contributed by atoms with van der Waals surface area (Å²) in [7, 11) is 0. The standard InChI is InChI=1S/C20H20ClN3OS3/c1-13(2)15-9-7-14(8-10-15)11-26-19-23-24-20(28-19)27-12-18(25)22-17-6-4-3-5-16(17)21/h3-10,13H,11-12H2,1-2H3,(H,22,25). The summed E-state index contributed by atoms with van der Waals surface area (Å²) >= 11 is 10.6. The van der Waals surface area contributed by atoms with Gasteiger partial charge in [-0.25, -0.2) is 0 Å². The molecule has 3 rings (SSSR count). The molecule has 0 aliphatic rings. The van der Waals surface area contributed by atoms with Gasteiger partial charge in [0.1, 0.15) is 0 Å². The van der Waals surface area contributed by atoms with Gasteiger partial charge in [-0.15, -0.1) is 10.2 Å². The predicted octanol–water partition coefficient (Wildman–Crippen LogP) is 6.34. The molecule has 8 heteroatoms. The third-order valence-electron chi connectivity index (χ3n) is 3.87. The van der Waals surface area contributed by atoms with E-state index in [1.165, 1.54) is 34.2 Å². The number of nitrogens with zero attached hydrogens (tertiary/aromatic N) is 2. The quantitative estimate of drug-likeness (QED) is 0.406. The minimum absolute atomic E-state index is 0.118. The van der Waals surface area contributed by atoms with Gasteiger partial charge in [-0.2, -0.15) is 0 Å². The molecule has 2 aromatic carbocycles. The van der Waals surface area contributed by atoms with E-state index in [-0.39, 0.29) is 11.7 Å². The van der Waals surface area contributed by atoms with Crippen LogP contribution in [0.5, 0.6) is 0 Å². The fourth-order valence-electron chi connectivity index (χ4n) is 2.33. The third kappa shape index (κ3) is 6.24. The summed E-state index contributed by atoms with van der Waals surface area (Å²) < 4.78 is 1.69. The SMILES string of the molecule is CC(C)c1ccc(CSc2nnc(SCC(=O)Nc3ccccc3Cl)s2)cc1. The van der Waals surface area contributed by atoms with Crippen molar-refractivity contribution in [2.75, 3.05) is 11.1 Å². The monoisotopic (exact) mass is 449 g/mol. The lowest BCUT2D eigenvalue weighted by Crippen LogP contribution is -2.14. The summed E-state index contributed by atoms with van der Waals surface area (Å²) in [5, 5.41) is 11.7. The number of carbonyl (C=O) groups is 1. The van der Waals surface area contributed by atoms with E-state index in [0.29, 0.717) is 16.6 Å². The Hall–Kier alpha value is -1.54. The van der Waals surface area contributed by atoms with E-state index < -0.39 is 0 Å². The molecule has 0 fully saturated rings. The normalized spacial score (nSPS) is 11.0. The van der Waals surface area contributed by atoms with Crippen LogP contribution in [0.25, 0.3) is 0 Å². The fraction of sp³-hybridized carbons (Fsp3) is 0.250. The Morgan fingerprint density at radius 1 is 1.07 bits per heavy atom. The molecular weight excluding hydrogens is 430 g/mol. The maximum absolute atomic E-state index is 12.1. The molecule has 0 aliphatic carbocycles. The molecule has 1 aromatic heterocycles. The number of halogens is 1. The first-order chi connectivity index (χ1) is 13.5. The fourth-order valence-corrected chi connectivity index (χ4v) is 5.29. The van der Waals surface area contributed by atoms with E-state index in [2.05, 4.69) is 53.6 Å². The number of carbonyl (C=O) groups excluding carboxylic acids is 1. The maximum Gasteiger partial charge on any atom is 0.234 e. The summed E-state index contributed by atoms with van der Waals surface area (Å²) in [4.78, 5) is 12.1. The van der Waals surface area contributed by atoms with Crippen molar-refractivity contribution in [3.63, 3.8) is 0 Å². The van der Waals surface area contributed by atoms with Crippen LogP contribution in [0.3, 0.4) is 0 Å². The molecule has 0 saturated carbocycles. The number of benzene rings is 2. The topological polar surface area (TPSA) is 54.9 Å². The number of hydrogen-bond acceptors (Lipinski definition) is 6. The van der Waals surface area contributed by atoms with Crippen LogP contribution in [0.15, 0.2) is 57.2 Å². The smallest absolute Gasteiger partial charge is 0.234 e. The van der Waals surface area contributed by atoms with Crippen LogP contribution in [0.1, 0.15) is 30.9 Å². The van der Waals surface area contributed by atoms with E-state index >= 15 is 0 Å². The molecule has 0 radical (unpaired) electrons. The Kier molecular flexibility index (Phi) is 7.79. The molecule has 0 aliphatic heterocycles. The second kappa shape index (κ2) is 10.3. The first kappa shape index (κ1) is 21.2. The van der Waals surface area contributed by atoms with Crippen molar-refractivity contribution in [2.24, 2.45) is 0 Å². The maximum atomic E-state index is 12.1. The van der Waals surface area contributed by atoms with Crippen molar-refractivity contribution in [3.05, 3.63) is 64.7 Å². The van der Waals surface area contributed by atoms with Gasteiger partial charge in [0.2, 0.25) is 5.91 Å².